The molecule has 1 unspecified atom stereocenters. The van der Waals surface area contributed by atoms with E-state index in [0.717, 1.165) is 11.8 Å². The molecule has 0 heterocycles. The first kappa shape index (κ1) is 10.4. The highest BCUT2D eigenvalue weighted by Crippen LogP contribution is 2.17. The summed E-state index contributed by atoms with van der Waals surface area (Å²) in [5.74, 6) is -0.632. The van der Waals surface area contributed by atoms with Crippen molar-refractivity contribution in [2.24, 2.45) is 0 Å². The summed E-state index contributed by atoms with van der Waals surface area (Å²) in [7, 11) is 1.35. The van der Waals surface area contributed by atoms with Crippen LogP contribution in [-0.4, -0.2) is 19.4 Å². The second-order valence-electron chi connectivity index (χ2n) is 3.03. The summed E-state index contributed by atoms with van der Waals surface area (Å²) in [5.41, 5.74) is 1.36. The molecular formula is C11H12O3. The summed E-state index contributed by atoms with van der Waals surface area (Å²) >= 11 is 0. The van der Waals surface area contributed by atoms with Gasteiger partial charge < -0.3 is 4.74 Å². The molecule has 0 aliphatic heterocycles. The van der Waals surface area contributed by atoms with Gasteiger partial charge in [-0.15, -0.1) is 0 Å². The van der Waals surface area contributed by atoms with Gasteiger partial charge in [0.1, 0.15) is 6.29 Å². The average Bonchev–Trinajstić information content (AvgIpc) is 2.27. The van der Waals surface area contributed by atoms with E-state index >= 15 is 0 Å². The molecule has 0 aliphatic rings. The third kappa shape index (κ3) is 2.19. The Morgan fingerprint density at radius 3 is 2.79 bits per heavy atom. The second-order valence-corrected chi connectivity index (χ2v) is 3.03. The lowest BCUT2D eigenvalue weighted by Gasteiger charge is -2.09. The summed E-state index contributed by atoms with van der Waals surface area (Å²) in [5, 5.41) is 0. The van der Waals surface area contributed by atoms with Crippen LogP contribution in [0.3, 0.4) is 0 Å². The van der Waals surface area contributed by atoms with Crippen molar-refractivity contribution >= 4 is 12.3 Å². The maximum atomic E-state index is 11.2. The van der Waals surface area contributed by atoms with Crippen LogP contribution in [-0.2, 0) is 9.53 Å². The van der Waals surface area contributed by atoms with Gasteiger partial charge in [-0.1, -0.05) is 18.2 Å². The fourth-order valence-corrected chi connectivity index (χ4v) is 1.21. The zero-order valence-corrected chi connectivity index (χ0v) is 8.19. The largest absolute Gasteiger partial charge is 0.469 e. The van der Waals surface area contributed by atoms with Crippen LogP contribution in [0.1, 0.15) is 28.8 Å². The van der Waals surface area contributed by atoms with Gasteiger partial charge in [0.15, 0.2) is 0 Å². The maximum Gasteiger partial charge on any atom is 0.312 e. The highest BCUT2D eigenvalue weighted by molar-refractivity contribution is 5.80. The molecule has 1 rings (SSSR count). The molecule has 14 heavy (non-hydrogen) atoms. The lowest BCUT2D eigenvalue weighted by molar-refractivity contribution is -0.141. The number of hydrogen-bond donors (Lipinski definition) is 0. The molecule has 0 aliphatic carbocycles. The zero-order chi connectivity index (χ0) is 10.6. The molecule has 0 fully saturated rings. The van der Waals surface area contributed by atoms with Crippen molar-refractivity contribution in [3.8, 4) is 0 Å². The standard InChI is InChI=1S/C11H12O3/c1-8(11(13)14-2)10-5-3-4-9(6-10)7-12/h3-8H,1-2H3. The number of carbonyl (C=O) groups is 2. The molecule has 0 N–H and O–H groups in total. The summed E-state index contributed by atoms with van der Waals surface area (Å²) in [4.78, 5) is 21.7. The van der Waals surface area contributed by atoms with Crippen molar-refractivity contribution in [1.82, 2.24) is 0 Å². The third-order valence-corrected chi connectivity index (χ3v) is 2.10. The second kappa shape index (κ2) is 4.56. The van der Waals surface area contributed by atoms with Crippen molar-refractivity contribution in [3.05, 3.63) is 35.4 Å². The lowest BCUT2D eigenvalue weighted by Crippen LogP contribution is -2.10. The molecule has 1 atom stereocenters. The van der Waals surface area contributed by atoms with E-state index in [-0.39, 0.29) is 11.9 Å². The first-order valence-corrected chi connectivity index (χ1v) is 4.32. The van der Waals surface area contributed by atoms with Crippen molar-refractivity contribution in [3.63, 3.8) is 0 Å². The molecule has 0 spiro atoms. The van der Waals surface area contributed by atoms with E-state index in [1.807, 2.05) is 0 Å². The molecule has 1 aromatic carbocycles. The number of carbonyl (C=O) groups excluding carboxylic acids is 2. The van der Waals surface area contributed by atoms with Gasteiger partial charge in [0.25, 0.3) is 0 Å². The van der Waals surface area contributed by atoms with Crippen molar-refractivity contribution in [1.29, 1.82) is 0 Å². The lowest BCUT2D eigenvalue weighted by atomic mass is 10.00. The van der Waals surface area contributed by atoms with Gasteiger partial charge in [-0.2, -0.15) is 0 Å². The van der Waals surface area contributed by atoms with Gasteiger partial charge >= 0.3 is 5.97 Å². The van der Waals surface area contributed by atoms with Crippen LogP contribution in [0, 0.1) is 0 Å². The van der Waals surface area contributed by atoms with Gasteiger partial charge in [-0.05, 0) is 18.6 Å². The minimum Gasteiger partial charge on any atom is -0.469 e. The Kier molecular flexibility index (Phi) is 3.40. The number of methoxy groups -OCH3 is 1. The predicted molar refractivity (Wildman–Crippen MR) is 52.3 cm³/mol. The van der Waals surface area contributed by atoms with E-state index in [9.17, 15) is 9.59 Å². The van der Waals surface area contributed by atoms with Crippen LogP contribution < -0.4 is 0 Å². The quantitative estimate of drug-likeness (QED) is 0.541. The third-order valence-electron chi connectivity index (χ3n) is 2.10. The fraction of sp³-hybridized carbons (Fsp3) is 0.273. The smallest absolute Gasteiger partial charge is 0.312 e. The molecule has 0 radical (unpaired) electrons. The highest BCUT2D eigenvalue weighted by atomic mass is 16.5. The number of ether oxygens (including phenoxy) is 1. The minimum absolute atomic E-state index is 0.298. The molecule has 0 aromatic heterocycles. The molecule has 0 bridgehead atoms. The highest BCUT2D eigenvalue weighted by Gasteiger charge is 2.15. The summed E-state index contributed by atoms with van der Waals surface area (Å²) in [6, 6.07) is 6.93. The maximum absolute atomic E-state index is 11.2. The Morgan fingerprint density at radius 2 is 2.21 bits per heavy atom. The van der Waals surface area contributed by atoms with Crippen LogP contribution >= 0.6 is 0 Å². The number of esters is 1. The van der Waals surface area contributed by atoms with Crippen LogP contribution in [0.15, 0.2) is 24.3 Å². The molecule has 0 saturated heterocycles. The average molecular weight is 192 g/mol. The summed E-state index contributed by atoms with van der Waals surface area (Å²) < 4.78 is 4.61. The van der Waals surface area contributed by atoms with Crippen LogP contribution in [0.2, 0.25) is 0 Å². The van der Waals surface area contributed by atoms with E-state index in [2.05, 4.69) is 4.74 Å². The summed E-state index contributed by atoms with van der Waals surface area (Å²) in [6.45, 7) is 1.75. The molecule has 0 saturated carbocycles. The predicted octanol–water partition coefficient (Wildman–Crippen LogP) is 1.78. The van der Waals surface area contributed by atoms with Gasteiger partial charge in [-0.3, -0.25) is 9.59 Å². The fourth-order valence-electron chi connectivity index (χ4n) is 1.21. The topological polar surface area (TPSA) is 43.4 Å². The van der Waals surface area contributed by atoms with E-state index in [0.29, 0.717) is 5.56 Å². The Morgan fingerprint density at radius 1 is 1.50 bits per heavy atom. The van der Waals surface area contributed by atoms with Crippen molar-refractivity contribution in [2.45, 2.75) is 12.8 Å². The monoisotopic (exact) mass is 192 g/mol. The van der Waals surface area contributed by atoms with Gasteiger partial charge in [0, 0.05) is 5.56 Å². The Balaban J connectivity index is 2.94. The normalized spacial score (nSPS) is 11.9. The Hall–Kier alpha value is -1.64. The SMILES string of the molecule is COC(=O)C(C)c1cccc(C=O)c1. The van der Waals surface area contributed by atoms with Gasteiger partial charge in [-0.25, -0.2) is 0 Å². The Labute approximate surface area is 82.7 Å². The van der Waals surface area contributed by atoms with Crippen molar-refractivity contribution < 1.29 is 14.3 Å². The molecule has 3 heteroatoms. The van der Waals surface area contributed by atoms with Gasteiger partial charge in [0.2, 0.25) is 0 Å². The number of rotatable bonds is 3. The molecule has 1 aromatic rings. The number of aldehydes is 1. The minimum atomic E-state index is -0.333. The van der Waals surface area contributed by atoms with Crippen LogP contribution in [0.25, 0.3) is 0 Å². The zero-order valence-electron chi connectivity index (χ0n) is 8.19. The van der Waals surface area contributed by atoms with E-state index in [4.69, 9.17) is 0 Å². The van der Waals surface area contributed by atoms with Crippen molar-refractivity contribution in [2.75, 3.05) is 7.11 Å². The summed E-state index contributed by atoms with van der Waals surface area (Å²) in [6.07, 6.45) is 0.757. The van der Waals surface area contributed by atoms with Gasteiger partial charge in [0.05, 0.1) is 13.0 Å². The van der Waals surface area contributed by atoms with E-state index in [1.54, 1.807) is 31.2 Å². The number of benzene rings is 1. The van der Waals surface area contributed by atoms with Crippen LogP contribution in [0.4, 0.5) is 0 Å². The van der Waals surface area contributed by atoms with E-state index in [1.165, 1.54) is 7.11 Å². The number of hydrogen-bond acceptors (Lipinski definition) is 3. The first-order valence-electron chi connectivity index (χ1n) is 4.32. The first-order chi connectivity index (χ1) is 6.69. The molecular weight excluding hydrogens is 180 g/mol. The van der Waals surface area contributed by atoms with E-state index < -0.39 is 0 Å². The molecule has 0 amide bonds. The van der Waals surface area contributed by atoms with Crippen LogP contribution in [0.5, 0.6) is 0 Å². The molecule has 3 nitrogen and oxygen atoms in total. The molecule has 74 valence electrons. The Bertz CT molecular complexity index is 344.